The van der Waals surface area contributed by atoms with Gasteiger partial charge in [0.1, 0.15) is 5.82 Å². The number of tetrazole rings is 1. The van der Waals surface area contributed by atoms with E-state index in [1.165, 1.54) is 0 Å². The summed E-state index contributed by atoms with van der Waals surface area (Å²) >= 11 is 0. The van der Waals surface area contributed by atoms with Crippen LogP contribution in [-0.4, -0.2) is 54.6 Å². The van der Waals surface area contributed by atoms with Gasteiger partial charge in [-0.25, -0.2) is 14.8 Å². The standard InChI is InChI=1S/C27H36N8O2/c1-5-7-9-10-24-29-26(27(36-3,37-4)16-8-6-2)32-35(24)19-20-11-13-21(14-12-20)22-15-17-28-18-23(22)25-30-33-34-31-25/h11-15,17-18H,5-10,16,19H2,1-4H3,(H,30,31,33,34). The maximum atomic E-state index is 5.84. The zero-order valence-corrected chi connectivity index (χ0v) is 22.1. The van der Waals surface area contributed by atoms with Gasteiger partial charge in [0.25, 0.3) is 0 Å². The third kappa shape index (κ3) is 6.08. The van der Waals surface area contributed by atoms with Gasteiger partial charge in [-0.2, -0.15) is 0 Å². The summed E-state index contributed by atoms with van der Waals surface area (Å²) in [5, 5.41) is 19.2. The second kappa shape index (κ2) is 12.6. The summed E-state index contributed by atoms with van der Waals surface area (Å²) in [6, 6.07) is 10.4. The van der Waals surface area contributed by atoms with Gasteiger partial charge < -0.3 is 9.47 Å². The van der Waals surface area contributed by atoms with Crippen molar-refractivity contribution < 1.29 is 9.47 Å². The molecule has 37 heavy (non-hydrogen) atoms. The van der Waals surface area contributed by atoms with Gasteiger partial charge in [0.2, 0.25) is 11.6 Å². The summed E-state index contributed by atoms with van der Waals surface area (Å²) in [6.07, 6.45) is 10.5. The fourth-order valence-corrected chi connectivity index (χ4v) is 4.44. The fourth-order valence-electron chi connectivity index (χ4n) is 4.44. The molecule has 1 aromatic carbocycles. The van der Waals surface area contributed by atoms with Gasteiger partial charge in [0, 0.05) is 45.0 Å². The van der Waals surface area contributed by atoms with Crippen LogP contribution in [0.2, 0.25) is 0 Å². The van der Waals surface area contributed by atoms with Crippen molar-refractivity contribution in [3.05, 3.63) is 59.9 Å². The Morgan fingerprint density at radius 1 is 0.946 bits per heavy atom. The van der Waals surface area contributed by atoms with Crippen molar-refractivity contribution in [2.24, 2.45) is 0 Å². The second-order valence-electron chi connectivity index (χ2n) is 9.10. The first-order valence-corrected chi connectivity index (χ1v) is 13.0. The van der Waals surface area contributed by atoms with E-state index in [9.17, 15) is 0 Å². The van der Waals surface area contributed by atoms with Gasteiger partial charge in [0.15, 0.2) is 5.82 Å². The van der Waals surface area contributed by atoms with Gasteiger partial charge in [0.05, 0.1) is 6.54 Å². The molecule has 0 radical (unpaired) electrons. The molecule has 0 saturated heterocycles. The molecule has 10 heteroatoms. The second-order valence-corrected chi connectivity index (χ2v) is 9.10. The molecule has 4 aromatic rings. The van der Waals surface area contributed by atoms with Crippen LogP contribution in [0.25, 0.3) is 22.5 Å². The number of ether oxygens (including phenoxy) is 2. The Bertz CT molecular complexity index is 1230. The fraction of sp³-hybridized carbons (Fsp3) is 0.481. The number of unbranched alkanes of at least 4 members (excludes halogenated alkanes) is 3. The number of aromatic amines is 1. The molecule has 0 aliphatic carbocycles. The van der Waals surface area contributed by atoms with Crippen LogP contribution in [0, 0.1) is 0 Å². The molecule has 10 nitrogen and oxygen atoms in total. The molecular weight excluding hydrogens is 468 g/mol. The SMILES string of the molecule is CCCCCc1nc(C(CCCC)(OC)OC)nn1Cc1ccc(-c2ccncc2-c2nnn[nH]2)cc1. The molecule has 0 unspecified atom stereocenters. The molecule has 0 bridgehead atoms. The topological polar surface area (TPSA) is 117 Å². The maximum Gasteiger partial charge on any atom is 0.231 e. The largest absolute Gasteiger partial charge is 0.347 e. The Balaban J connectivity index is 1.61. The minimum Gasteiger partial charge on any atom is -0.347 e. The number of H-pyrrole nitrogens is 1. The number of rotatable bonds is 14. The molecule has 0 aliphatic heterocycles. The van der Waals surface area contributed by atoms with Crippen LogP contribution < -0.4 is 0 Å². The Labute approximate surface area is 217 Å². The summed E-state index contributed by atoms with van der Waals surface area (Å²) in [7, 11) is 3.33. The lowest BCUT2D eigenvalue weighted by Gasteiger charge is -2.27. The highest BCUT2D eigenvalue weighted by molar-refractivity contribution is 5.79. The Hall–Kier alpha value is -3.50. The lowest BCUT2D eigenvalue weighted by molar-refractivity contribution is -0.226. The van der Waals surface area contributed by atoms with Crippen LogP contribution in [0.4, 0.5) is 0 Å². The molecule has 1 N–H and O–H groups in total. The van der Waals surface area contributed by atoms with E-state index >= 15 is 0 Å². The highest BCUT2D eigenvalue weighted by Crippen LogP contribution is 2.31. The number of hydrogen-bond donors (Lipinski definition) is 1. The van der Waals surface area contributed by atoms with Crippen LogP contribution in [0.1, 0.15) is 69.6 Å². The molecule has 0 spiro atoms. The van der Waals surface area contributed by atoms with Gasteiger partial charge in [-0.05, 0) is 46.0 Å². The Morgan fingerprint density at radius 2 is 1.73 bits per heavy atom. The maximum absolute atomic E-state index is 5.84. The van der Waals surface area contributed by atoms with Crippen LogP contribution in [0.15, 0.2) is 42.7 Å². The Kier molecular flexibility index (Phi) is 9.08. The van der Waals surface area contributed by atoms with Crippen LogP contribution >= 0.6 is 0 Å². The summed E-state index contributed by atoms with van der Waals surface area (Å²) in [6.45, 7) is 4.97. The molecule has 0 saturated carbocycles. The lowest BCUT2D eigenvalue weighted by atomic mass is 10.00. The lowest BCUT2D eigenvalue weighted by Crippen LogP contribution is -2.32. The predicted molar refractivity (Wildman–Crippen MR) is 140 cm³/mol. The average molecular weight is 505 g/mol. The zero-order valence-electron chi connectivity index (χ0n) is 22.1. The van der Waals surface area contributed by atoms with E-state index < -0.39 is 5.79 Å². The molecule has 3 aromatic heterocycles. The summed E-state index contributed by atoms with van der Waals surface area (Å²) in [4.78, 5) is 9.16. The first-order valence-electron chi connectivity index (χ1n) is 13.0. The number of nitrogens with zero attached hydrogens (tertiary/aromatic N) is 7. The third-order valence-electron chi connectivity index (χ3n) is 6.63. The van der Waals surface area contributed by atoms with Crippen molar-refractivity contribution in [2.75, 3.05) is 14.2 Å². The summed E-state index contributed by atoms with van der Waals surface area (Å²) in [5.41, 5.74) is 4.03. The number of methoxy groups -OCH3 is 2. The molecular formula is C27H36N8O2. The van der Waals surface area contributed by atoms with Crippen molar-refractivity contribution in [3.63, 3.8) is 0 Å². The van der Waals surface area contributed by atoms with Crippen LogP contribution in [-0.2, 0) is 28.2 Å². The first-order chi connectivity index (χ1) is 18.1. The highest BCUT2D eigenvalue weighted by atomic mass is 16.7. The van der Waals surface area contributed by atoms with E-state index in [1.54, 1.807) is 26.6 Å². The van der Waals surface area contributed by atoms with Gasteiger partial charge in [-0.3, -0.25) is 4.98 Å². The van der Waals surface area contributed by atoms with Crippen molar-refractivity contribution in [2.45, 2.75) is 71.1 Å². The number of hydrogen-bond acceptors (Lipinski definition) is 8. The van der Waals surface area contributed by atoms with E-state index in [2.05, 4.69) is 63.7 Å². The first kappa shape index (κ1) is 26.6. The van der Waals surface area contributed by atoms with Crippen molar-refractivity contribution in [1.29, 1.82) is 0 Å². The average Bonchev–Trinajstić information content (AvgIpc) is 3.62. The van der Waals surface area contributed by atoms with Crippen molar-refractivity contribution in [3.8, 4) is 22.5 Å². The Morgan fingerprint density at radius 3 is 2.41 bits per heavy atom. The van der Waals surface area contributed by atoms with Crippen molar-refractivity contribution in [1.82, 2.24) is 40.4 Å². The third-order valence-corrected chi connectivity index (χ3v) is 6.63. The summed E-state index contributed by atoms with van der Waals surface area (Å²) < 4.78 is 13.7. The van der Waals surface area contributed by atoms with Crippen LogP contribution in [0.3, 0.4) is 0 Å². The molecule has 0 aliphatic rings. The summed E-state index contributed by atoms with van der Waals surface area (Å²) in [5.74, 6) is 1.20. The van der Waals surface area contributed by atoms with E-state index in [-0.39, 0.29) is 0 Å². The normalized spacial score (nSPS) is 11.8. The van der Waals surface area contributed by atoms with Crippen molar-refractivity contribution >= 4 is 0 Å². The smallest absolute Gasteiger partial charge is 0.231 e. The minimum atomic E-state index is -0.933. The van der Waals surface area contributed by atoms with E-state index in [1.807, 2.05) is 10.7 Å². The molecule has 3 heterocycles. The number of pyridine rings is 1. The highest BCUT2D eigenvalue weighted by Gasteiger charge is 2.37. The molecule has 4 rings (SSSR count). The molecule has 0 fully saturated rings. The minimum absolute atomic E-state index is 0.585. The monoisotopic (exact) mass is 504 g/mol. The van der Waals surface area contributed by atoms with Crippen LogP contribution in [0.5, 0.6) is 0 Å². The van der Waals surface area contributed by atoms with Gasteiger partial charge >= 0.3 is 0 Å². The quantitative estimate of drug-likeness (QED) is 0.190. The predicted octanol–water partition coefficient (Wildman–Crippen LogP) is 4.94. The van der Waals surface area contributed by atoms with Gasteiger partial charge in [-0.1, -0.05) is 57.4 Å². The number of aryl methyl sites for hydroxylation is 1. The van der Waals surface area contributed by atoms with E-state index in [0.717, 1.165) is 66.6 Å². The number of nitrogens with one attached hydrogen (secondary N) is 1. The number of aromatic nitrogens is 8. The zero-order chi connectivity index (χ0) is 26.1. The van der Waals surface area contributed by atoms with Gasteiger partial charge in [-0.15, -0.1) is 10.2 Å². The number of benzene rings is 1. The van der Waals surface area contributed by atoms with E-state index in [0.29, 0.717) is 24.6 Å². The molecule has 196 valence electrons. The molecule has 0 atom stereocenters. The molecule has 0 amide bonds. The van der Waals surface area contributed by atoms with E-state index in [4.69, 9.17) is 19.6 Å².